The van der Waals surface area contributed by atoms with E-state index in [0.717, 1.165) is 12.2 Å². The van der Waals surface area contributed by atoms with E-state index in [1.54, 1.807) is 6.07 Å². The summed E-state index contributed by atoms with van der Waals surface area (Å²) in [6.45, 7) is 4.60. The lowest BCUT2D eigenvalue weighted by Crippen LogP contribution is -2.05. The van der Waals surface area contributed by atoms with Gasteiger partial charge in [0.1, 0.15) is 17.4 Å². The molecule has 0 bridgehead atoms. The fourth-order valence-corrected chi connectivity index (χ4v) is 1.78. The summed E-state index contributed by atoms with van der Waals surface area (Å²) in [7, 11) is 1.50. The molecule has 106 valence electrons. The fourth-order valence-electron chi connectivity index (χ4n) is 1.78. The number of benzene rings is 1. The number of hydrogen-bond acceptors (Lipinski definition) is 5. The van der Waals surface area contributed by atoms with Crippen molar-refractivity contribution in [3.63, 3.8) is 0 Å². The summed E-state index contributed by atoms with van der Waals surface area (Å²) in [5.41, 5.74) is 1.48. The number of anilines is 3. The minimum atomic E-state index is -0.348. The smallest absolute Gasteiger partial charge is 0.224 e. The third-order valence-electron chi connectivity index (χ3n) is 2.62. The first-order valence-corrected chi connectivity index (χ1v) is 6.32. The van der Waals surface area contributed by atoms with Gasteiger partial charge >= 0.3 is 0 Å². The summed E-state index contributed by atoms with van der Waals surface area (Å²) in [5.74, 6) is 1.25. The molecule has 0 aliphatic rings. The highest BCUT2D eigenvalue weighted by atomic mass is 19.1. The van der Waals surface area contributed by atoms with Crippen LogP contribution in [0.15, 0.2) is 24.3 Å². The van der Waals surface area contributed by atoms with Crippen LogP contribution in [0.5, 0.6) is 5.75 Å². The van der Waals surface area contributed by atoms with Crippen LogP contribution in [0.2, 0.25) is 0 Å². The Hall–Kier alpha value is -2.37. The van der Waals surface area contributed by atoms with Crippen LogP contribution in [-0.2, 0) is 0 Å². The molecule has 6 heteroatoms. The van der Waals surface area contributed by atoms with Crippen molar-refractivity contribution in [2.45, 2.75) is 13.8 Å². The Kier molecular flexibility index (Phi) is 4.34. The number of nitrogens with one attached hydrogen (secondary N) is 2. The van der Waals surface area contributed by atoms with Crippen LogP contribution in [0.3, 0.4) is 0 Å². The number of hydrogen-bond donors (Lipinski definition) is 2. The van der Waals surface area contributed by atoms with Gasteiger partial charge in [-0.2, -0.15) is 4.98 Å². The highest BCUT2D eigenvalue weighted by molar-refractivity contribution is 5.64. The monoisotopic (exact) mass is 276 g/mol. The molecule has 1 aromatic carbocycles. The second-order valence-corrected chi connectivity index (χ2v) is 4.22. The molecule has 0 fully saturated rings. The van der Waals surface area contributed by atoms with Gasteiger partial charge in [-0.1, -0.05) is 0 Å². The third kappa shape index (κ3) is 3.34. The van der Waals surface area contributed by atoms with Gasteiger partial charge in [0.15, 0.2) is 0 Å². The Labute approximate surface area is 117 Å². The molecular formula is C14H17FN4O. The van der Waals surface area contributed by atoms with Gasteiger partial charge in [0, 0.05) is 24.4 Å². The Morgan fingerprint density at radius 2 is 2.05 bits per heavy atom. The summed E-state index contributed by atoms with van der Waals surface area (Å²) in [6.07, 6.45) is 0. The summed E-state index contributed by atoms with van der Waals surface area (Å²) in [4.78, 5) is 8.60. The lowest BCUT2D eigenvalue weighted by molar-refractivity contribution is 0.413. The van der Waals surface area contributed by atoms with E-state index < -0.39 is 0 Å². The maximum absolute atomic E-state index is 13.2. The molecule has 2 rings (SSSR count). The third-order valence-corrected chi connectivity index (χ3v) is 2.62. The van der Waals surface area contributed by atoms with E-state index in [1.807, 2.05) is 19.9 Å². The quantitative estimate of drug-likeness (QED) is 0.878. The number of rotatable bonds is 5. The van der Waals surface area contributed by atoms with Crippen molar-refractivity contribution >= 4 is 17.5 Å². The molecule has 0 amide bonds. The van der Waals surface area contributed by atoms with Gasteiger partial charge < -0.3 is 15.4 Å². The van der Waals surface area contributed by atoms with Crippen molar-refractivity contribution in [2.24, 2.45) is 0 Å². The van der Waals surface area contributed by atoms with Crippen LogP contribution in [0.25, 0.3) is 0 Å². The molecule has 0 unspecified atom stereocenters. The van der Waals surface area contributed by atoms with Crippen LogP contribution in [0.1, 0.15) is 12.6 Å². The maximum atomic E-state index is 13.2. The van der Waals surface area contributed by atoms with Crippen molar-refractivity contribution < 1.29 is 9.13 Å². The molecule has 0 aliphatic heterocycles. The Morgan fingerprint density at radius 3 is 2.75 bits per heavy atom. The Morgan fingerprint density at radius 1 is 1.25 bits per heavy atom. The van der Waals surface area contributed by atoms with Gasteiger partial charge in [0.05, 0.1) is 12.8 Å². The number of ether oxygens (including phenoxy) is 1. The first-order chi connectivity index (χ1) is 9.62. The molecule has 1 aromatic heterocycles. The Balaban J connectivity index is 2.29. The number of nitrogens with zero attached hydrogens (tertiary/aromatic N) is 2. The molecule has 0 atom stereocenters. The molecule has 2 aromatic rings. The summed E-state index contributed by atoms with van der Waals surface area (Å²) in [6, 6.07) is 6.11. The summed E-state index contributed by atoms with van der Waals surface area (Å²) < 4.78 is 18.3. The standard InChI is InChI=1S/C14H17FN4O/c1-4-16-14-17-9(2)7-13(19-14)18-11-6-5-10(15)8-12(11)20-3/h5-8H,4H2,1-3H3,(H2,16,17,18,19). The van der Waals surface area contributed by atoms with Gasteiger partial charge in [-0.05, 0) is 26.0 Å². The number of methoxy groups -OCH3 is 1. The zero-order valence-corrected chi connectivity index (χ0v) is 11.7. The normalized spacial score (nSPS) is 10.2. The first-order valence-electron chi connectivity index (χ1n) is 6.32. The van der Waals surface area contributed by atoms with Gasteiger partial charge in [-0.15, -0.1) is 0 Å². The van der Waals surface area contributed by atoms with E-state index >= 15 is 0 Å². The first kappa shape index (κ1) is 14.0. The summed E-state index contributed by atoms with van der Waals surface area (Å²) in [5, 5.41) is 6.17. The zero-order valence-electron chi connectivity index (χ0n) is 11.7. The predicted molar refractivity (Wildman–Crippen MR) is 77.2 cm³/mol. The summed E-state index contributed by atoms with van der Waals surface area (Å²) >= 11 is 0. The molecule has 0 aliphatic carbocycles. The zero-order chi connectivity index (χ0) is 14.5. The molecule has 20 heavy (non-hydrogen) atoms. The molecule has 2 N–H and O–H groups in total. The number of halogens is 1. The fraction of sp³-hybridized carbons (Fsp3) is 0.286. The molecule has 0 saturated heterocycles. The van der Waals surface area contributed by atoms with Crippen molar-refractivity contribution in [3.05, 3.63) is 35.8 Å². The van der Waals surface area contributed by atoms with Gasteiger partial charge in [0.2, 0.25) is 5.95 Å². The van der Waals surface area contributed by atoms with Crippen LogP contribution < -0.4 is 15.4 Å². The van der Waals surface area contributed by atoms with Crippen LogP contribution in [-0.4, -0.2) is 23.6 Å². The molecule has 1 heterocycles. The number of aryl methyl sites for hydroxylation is 1. The van der Waals surface area contributed by atoms with Crippen molar-refractivity contribution in [3.8, 4) is 5.75 Å². The van der Waals surface area contributed by atoms with E-state index in [4.69, 9.17) is 4.74 Å². The number of aromatic nitrogens is 2. The van der Waals surface area contributed by atoms with Crippen molar-refractivity contribution in [1.82, 2.24) is 9.97 Å². The lowest BCUT2D eigenvalue weighted by atomic mass is 10.2. The Bertz CT molecular complexity index is 604. The van der Waals surface area contributed by atoms with Crippen LogP contribution in [0.4, 0.5) is 21.8 Å². The van der Waals surface area contributed by atoms with E-state index in [0.29, 0.717) is 23.2 Å². The van der Waals surface area contributed by atoms with E-state index in [9.17, 15) is 4.39 Å². The molecule has 0 spiro atoms. The molecule has 0 radical (unpaired) electrons. The van der Waals surface area contributed by atoms with Crippen LogP contribution in [0, 0.1) is 12.7 Å². The average molecular weight is 276 g/mol. The van der Waals surface area contributed by atoms with Crippen molar-refractivity contribution in [2.75, 3.05) is 24.3 Å². The topological polar surface area (TPSA) is 59.1 Å². The average Bonchev–Trinajstić information content (AvgIpc) is 2.40. The van der Waals surface area contributed by atoms with E-state index in [2.05, 4.69) is 20.6 Å². The SMILES string of the molecule is CCNc1nc(C)cc(Nc2ccc(F)cc2OC)n1. The minimum absolute atomic E-state index is 0.348. The molecule has 0 saturated carbocycles. The highest BCUT2D eigenvalue weighted by Crippen LogP contribution is 2.28. The van der Waals surface area contributed by atoms with E-state index in [1.165, 1.54) is 19.2 Å². The second-order valence-electron chi connectivity index (χ2n) is 4.22. The van der Waals surface area contributed by atoms with Gasteiger partial charge in [0.25, 0.3) is 0 Å². The van der Waals surface area contributed by atoms with Crippen molar-refractivity contribution in [1.29, 1.82) is 0 Å². The molecular weight excluding hydrogens is 259 g/mol. The van der Waals surface area contributed by atoms with E-state index in [-0.39, 0.29) is 5.82 Å². The maximum Gasteiger partial charge on any atom is 0.224 e. The predicted octanol–water partition coefficient (Wildman–Crippen LogP) is 3.11. The van der Waals surface area contributed by atoms with Gasteiger partial charge in [-0.3, -0.25) is 0 Å². The largest absolute Gasteiger partial charge is 0.494 e. The minimum Gasteiger partial charge on any atom is -0.494 e. The van der Waals surface area contributed by atoms with Gasteiger partial charge in [-0.25, -0.2) is 9.37 Å². The molecule has 5 nitrogen and oxygen atoms in total. The lowest BCUT2D eigenvalue weighted by Gasteiger charge is -2.12. The second kappa shape index (κ2) is 6.18. The van der Waals surface area contributed by atoms with Crippen LogP contribution >= 0.6 is 0 Å². The highest BCUT2D eigenvalue weighted by Gasteiger charge is 2.07.